The first-order valence-electron chi connectivity index (χ1n) is 7.42. The monoisotopic (exact) mass is 320 g/mol. The average molecular weight is 321 g/mol. The quantitative estimate of drug-likeness (QED) is 0.500. The number of halogens is 1. The molecule has 23 heavy (non-hydrogen) atoms. The maximum atomic E-state index is 4.73. The topological polar surface area (TPSA) is 24.9 Å². The van der Waals surface area contributed by atoms with Crippen molar-refractivity contribution < 1.29 is 0 Å². The van der Waals surface area contributed by atoms with E-state index >= 15 is 0 Å². The third-order valence-corrected chi connectivity index (χ3v) is 3.98. The number of benzene rings is 3. The van der Waals surface area contributed by atoms with Crippen molar-refractivity contribution in [2.75, 3.05) is 5.32 Å². The first kappa shape index (κ1) is 15.3. The Kier molecular flexibility index (Phi) is 4.18. The number of pyridine rings is 1. The van der Waals surface area contributed by atoms with Crippen molar-refractivity contribution in [1.82, 2.24) is 4.98 Å². The van der Waals surface area contributed by atoms with Gasteiger partial charge in [0.1, 0.15) is 5.82 Å². The highest BCUT2D eigenvalue weighted by molar-refractivity contribution is 5.95. The Balaban J connectivity index is 0.00000156. The maximum Gasteiger partial charge on any atom is 0.131 e. The van der Waals surface area contributed by atoms with Crippen molar-refractivity contribution in [2.45, 2.75) is 6.92 Å². The van der Waals surface area contributed by atoms with Gasteiger partial charge in [-0.15, -0.1) is 12.4 Å². The number of aryl methyl sites for hydroxylation is 1. The molecule has 1 aromatic heterocycles. The predicted molar refractivity (Wildman–Crippen MR) is 101 cm³/mol. The molecular formula is C20H17ClN2. The summed E-state index contributed by atoms with van der Waals surface area (Å²) in [4.78, 5) is 4.73. The number of hydrogen-bond donors (Lipinski definition) is 1. The first-order chi connectivity index (χ1) is 10.8. The Morgan fingerprint density at radius 3 is 2.35 bits per heavy atom. The van der Waals surface area contributed by atoms with Crippen LogP contribution in [0.25, 0.3) is 21.7 Å². The van der Waals surface area contributed by atoms with E-state index in [2.05, 4.69) is 79.0 Å². The van der Waals surface area contributed by atoms with E-state index in [0.717, 1.165) is 17.0 Å². The van der Waals surface area contributed by atoms with Gasteiger partial charge in [0.15, 0.2) is 0 Å². The van der Waals surface area contributed by atoms with Crippen molar-refractivity contribution in [3.63, 3.8) is 0 Å². The van der Waals surface area contributed by atoms with Crippen LogP contribution in [0.3, 0.4) is 0 Å². The molecule has 3 heteroatoms. The summed E-state index contributed by atoms with van der Waals surface area (Å²) in [5, 5.41) is 7.10. The highest BCUT2D eigenvalue weighted by Crippen LogP contribution is 2.27. The van der Waals surface area contributed by atoms with Gasteiger partial charge >= 0.3 is 0 Å². The molecule has 2 nitrogen and oxygen atoms in total. The lowest BCUT2D eigenvalue weighted by atomic mass is 10.1. The van der Waals surface area contributed by atoms with Crippen LogP contribution in [-0.2, 0) is 0 Å². The van der Waals surface area contributed by atoms with E-state index in [1.54, 1.807) is 0 Å². The second-order valence-corrected chi connectivity index (χ2v) is 5.49. The fourth-order valence-electron chi connectivity index (χ4n) is 2.89. The van der Waals surface area contributed by atoms with E-state index in [1.165, 1.54) is 21.7 Å². The molecule has 114 valence electrons. The maximum absolute atomic E-state index is 4.73. The zero-order valence-electron chi connectivity index (χ0n) is 12.8. The van der Waals surface area contributed by atoms with Crippen LogP contribution in [0.15, 0.2) is 72.8 Å². The summed E-state index contributed by atoms with van der Waals surface area (Å²) < 4.78 is 0. The molecule has 4 aromatic rings. The second kappa shape index (κ2) is 6.27. The third-order valence-electron chi connectivity index (χ3n) is 3.98. The van der Waals surface area contributed by atoms with Crippen LogP contribution in [0.4, 0.5) is 11.5 Å². The zero-order valence-corrected chi connectivity index (χ0v) is 13.6. The summed E-state index contributed by atoms with van der Waals surface area (Å²) in [6.07, 6.45) is 0. The Labute approximate surface area is 141 Å². The largest absolute Gasteiger partial charge is 0.340 e. The number of para-hydroxylation sites is 1. The standard InChI is InChI=1S/C20H16N2.ClH/c1-14-13-20(21-18-11-5-4-9-16(14)18)22-19-12-6-8-15-7-2-3-10-17(15)19;/h2-13H,1H3,(H,21,22);1H. The van der Waals surface area contributed by atoms with Gasteiger partial charge in [0.25, 0.3) is 0 Å². The smallest absolute Gasteiger partial charge is 0.131 e. The Hall–Kier alpha value is -2.58. The molecule has 0 atom stereocenters. The fourth-order valence-corrected chi connectivity index (χ4v) is 2.89. The number of hydrogen-bond acceptors (Lipinski definition) is 2. The van der Waals surface area contributed by atoms with Crippen molar-refractivity contribution in [3.05, 3.63) is 78.4 Å². The molecule has 4 rings (SSSR count). The normalized spacial score (nSPS) is 10.5. The number of nitrogens with zero attached hydrogens (tertiary/aromatic N) is 1. The summed E-state index contributed by atoms with van der Waals surface area (Å²) in [6, 6.07) is 25.0. The lowest BCUT2D eigenvalue weighted by molar-refractivity contribution is 1.35. The van der Waals surface area contributed by atoms with Crippen molar-refractivity contribution in [3.8, 4) is 0 Å². The molecule has 0 saturated heterocycles. The molecule has 0 fully saturated rings. The Morgan fingerprint density at radius 1 is 0.783 bits per heavy atom. The van der Waals surface area contributed by atoms with Crippen molar-refractivity contribution in [1.29, 1.82) is 0 Å². The molecular weight excluding hydrogens is 304 g/mol. The zero-order chi connectivity index (χ0) is 14.9. The molecule has 3 aromatic carbocycles. The van der Waals surface area contributed by atoms with Gasteiger partial charge < -0.3 is 5.32 Å². The molecule has 1 heterocycles. The molecule has 0 aliphatic heterocycles. The SMILES string of the molecule is Cc1cc(Nc2cccc3ccccc23)nc2ccccc12.Cl. The van der Waals surface area contributed by atoms with Gasteiger partial charge in [0, 0.05) is 16.5 Å². The summed E-state index contributed by atoms with van der Waals surface area (Å²) >= 11 is 0. The highest BCUT2D eigenvalue weighted by atomic mass is 35.5. The molecule has 0 bridgehead atoms. The second-order valence-electron chi connectivity index (χ2n) is 5.49. The molecule has 0 aliphatic carbocycles. The minimum Gasteiger partial charge on any atom is -0.340 e. The van der Waals surface area contributed by atoms with Gasteiger partial charge in [0.05, 0.1) is 5.52 Å². The minimum atomic E-state index is 0. The van der Waals surface area contributed by atoms with E-state index < -0.39 is 0 Å². The van der Waals surface area contributed by atoms with E-state index in [0.29, 0.717) is 0 Å². The van der Waals surface area contributed by atoms with Gasteiger partial charge in [-0.05, 0) is 36.1 Å². The van der Waals surface area contributed by atoms with E-state index in [-0.39, 0.29) is 12.4 Å². The molecule has 0 saturated carbocycles. The lowest BCUT2D eigenvalue weighted by Gasteiger charge is -2.11. The van der Waals surface area contributed by atoms with E-state index in [9.17, 15) is 0 Å². The summed E-state index contributed by atoms with van der Waals surface area (Å²) in [5.74, 6) is 0.882. The van der Waals surface area contributed by atoms with Crippen LogP contribution in [0.1, 0.15) is 5.56 Å². The summed E-state index contributed by atoms with van der Waals surface area (Å²) in [7, 11) is 0. The third kappa shape index (κ3) is 2.86. The first-order valence-corrected chi connectivity index (χ1v) is 7.42. The van der Waals surface area contributed by atoms with Crippen LogP contribution in [0.2, 0.25) is 0 Å². The van der Waals surface area contributed by atoms with Crippen LogP contribution in [-0.4, -0.2) is 4.98 Å². The number of aromatic nitrogens is 1. The number of fused-ring (bicyclic) bond motifs is 2. The summed E-state index contributed by atoms with van der Waals surface area (Å²) in [6.45, 7) is 2.12. The summed E-state index contributed by atoms with van der Waals surface area (Å²) in [5.41, 5.74) is 3.33. The van der Waals surface area contributed by atoms with Gasteiger partial charge in [-0.25, -0.2) is 4.98 Å². The van der Waals surface area contributed by atoms with Crippen molar-refractivity contribution >= 4 is 45.6 Å². The van der Waals surface area contributed by atoms with Crippen molar-refractivity contribution in [2.24, 2.45) is 0 Å². The van der Waals surface area contributed by atoms with E-state index in [4.69, 9.17) is 4.98 Å². The van der Waals surface area contributed by atoms with Gasteiger partial charge in [-0.3, -0.25) is 0 Å². The number of rotatable bonds is 2. The molecule has 0 unspecified atom stereocenters. The lowest BCUT2D eigenvalue weighted by Crippen LogP contribution is -1.96. The Morgan fingerprint density at radius 2 is 1.48 bits per heavy atom. The predicted octanol–water partition coefficient (Wildman–Crippen LogP) is 5.86. The highest BCUT2D eigenvalue weighted by Gasteiger charge is 2.05. The molecule has 0 radical (unpaired) electrons. The van der Waals surface area contributed by atoms with Gasteiger partial charge in [0.2, 0.25) is 0 Å². The van der Waals surface area contributed by atoms with Gasteiger partial charge in [-0.1, -0.05) is 54.6 Å². The van der Waals surface area contributed by atoms with Crippen LogP contribution >= 0.6 is 12.4 Å². The van der Waals surface area contributed by atoms with Crippen LogP contribution < -0.4 is 5.32 Å². The van der Waals surface area contributed by atoms with Gasteiger partial charge in [-0.2, -0.15) is 0 Å². The number of anilines is 2. The Bertz CT molecular complexity index is 974. The van der Waals surface area contributed by atoms with E-state index in [1.807, 2.05) is 6.07 Å². The van der Waals surface area contributed by atoms with Crippen LogP contribution in [0, 0.1) is 6.92 Å². The molecule has 0 aliphatic rings. The molecule has 1 N–H and O–H groups in total. The number of nitrogens with one attached hydrogen (secondary N) is 1. The molecule has 0 amide bonds. The average Bonchev–Trinajstić information content (AvgIpc) is 2.55. The molecule has 0 spiro atoms. The fraction of sp³-hybridized carbons (Fsp3) is 0.0500. The minimum absolute atomic E-state index is 0. The van der Waals surface area contributed by atoms with Crippen LogP contribution in [0.5, 0.6) is 0 Å².